The number of non-ortho nitro benzene ring substituents is 1. The third kappa shape index (κ3) is 3.82. The molecule has 22 heavy (non-hydrogen) atoms. The van der Waals surface area contributed by atoms with E-state index in [4.69, 9.17) is 9.47 Å². The molecule has 0 fully saturated rings. The van der Waals surface area contributed by atoms with E-state index in [9.17, 15) is 14.9 Å². The van der Waals surface area contributed by atoms with Crippen LogP contribution in [0.25, 0.3) is 0 Å². The zero-order valence-corrected chi connectivity index (χ0v) is 13.2. The van der Waals surface area contributed by atoms with Crippen LogP contribution in [0, 0.1) is 10.1 Å². The Labute approximate surface area is 134 Å². The molecule has 6 nitrogen and oxygen atoms in total. The summed E-state index contributed by atoms with van der Waals surface area (Å²) in [5.74, 6) is 0.238. The number of rotatable bonds is 6. The normalized spacial score (nSPS) is 10.1. The second-order valence-electron chi connectivity index (χ2n) is 4.31. The minimum absolute atomic E-state index is 0.134. The van der Waals surface area contributed by atoms with Crippen molar-refractivity contribution >= 4 is 27.4 Å². The summed E-state index contributed by atoms with van der Waals surface area (Å²) in [5, 5.41) is 10.8. The molecule has 2 aromatic rings. The van der Waals surface area contributed by atoms with Crippen LogP contribution >= 0.6 is 15.9 Å². The van der Waals surface area contributed by atoms with Crippen molar-refractivity contribution in [1.82, 2.24) is 0 Å². The third-order valence-electron chi connectivity index (χ3n) is 2.86. The molecule has 114 valence electrons. The van der Waals surface area contributed by atoms with Crippen LogP contribution in [0.5, 0.6) is 11.5 Å². The Kier molecular flexibility index (Phi) is 5.11. The van der Waals surface area contributed by atoms with E-state index < -0.39 is 4.92 Å². The van der Waals surface area contributed by atoms with Crippen molar-refractivity contribution in [3.05, 3.63) is 62.6 Å². The Morgan fingerprint density at radius 2 is 2.00 bits per heavy atom. The van der Waals surface area contributed by atoms with Gasteiger partial charge in [-0.25, -0.2) is 0 Å². The number of methoxy groups -OCH3 is 1. The monoisotopic (exact) mass is 365 g/mol. The zero-order chi connectivity index (χ0) is 16.1. The average molecular weight is 366 g/mol. The SMILES string of the molecule is COc1ccc([N+](=O)[O-])cc1OCC(=O)c1cccc(Br)c1. The van der Waals surface area contributed by atoms with Crippen molar-refractivity contribution in [3.8, 4) is 11.5 Å². The van der Waals surface area contributed by atoms with E-state index in [1.807, 2.05) is 0 Å². The van der Waals surface area contributed by atoms with E-state index in [0.717, 1.165) is 4.47 Å². The highest BCUT2D eigenvalue weighted by Crippen LogP contribution is 2.31. The summed E-state index contributed by atoms with van der Waals surface area (Å²) in [5.41, 5.74) is 0.351. The first kappa shape index (κ1) is 16.0. The van der Waals surface area contributed by atoms with Crippen molar-refractivity contribution in [3.63, 3.8) is 0 Å². The lowest BCUT2D eigenvalue weighted by Gasteiger charge is -2.10. The van der Waals surface area contributed by atoms with E-state index in [2.05, 4.69) is 15.9 Å². The number of nitro groups is 1. The Morgan fingerprint density at radius 3 is 2.64 bits per heavy atom. The van der Waals surface area contributed by atoms with Gasteiger partial charge in [-0.2, -0.15) is 0 Å². The van der Waals surface area contributed by atoms with Crippen LogP contribution in [0.15, 0.2) is 46.9 Å². The quantitative estimate of drug-likeness (QED) is 0.443. The lowest BCUT2D eigenvalue weighted by atomic mass is 10.1. The third-order valence-corrected chi connectivity index (χ3v) is 3.36. The number of halogens is 1. The molecule has 2 aromatic carbocycles. The van der Waals surface area contributed by atoms with Gasteiger partial charge in [0.2, 0.25) is 0 Å². The second-order valence-corrected chi connectivity index (χ2v) is 5.23. The van der Waals surface area contributed by atoms with Crippen LogP contribution in [0.2, 0.25) is 0 Å². The van der Waals surface area contributed by atoms with E-state index in [-0.39, 0.29) is 23.8 Å². The van der Waals surface area contributed by atoms with Crippen LogP contribution in [-0.2, 0) is 0 Å². The summed E-state index contributed by atoms with van der Waals surface area (Å²) in [6.07, 6.45) is 0. The maximum absolute atomic E-state index is 12.1. The second kappa shape index (κ2) is 7.04. The van der Waals surface area contributed by atoms with E-state index in [1.165, 1.54) is 25.3 Å². The molecule has 0 aliphatic rings. The largest absolute Gasteiger partial charge is 0.493 e. The average Bonchev–Trinajstić information content (AvgIpc) is 2.52. The molecule has 0 saturated carbocycles. The number of hydrogen-bond acceptors (Lipinski definition) is 5. The van der Waals surface area contributed by atoms with E-state index in [0.29, 0.717) is 11.3 Å². The highest BCUT2D eigenvalue weighted by Gasteiger charge is 2.14. The van der Waals surface area contributed by atoms with E-state index >= 15 is 0 Å². The maximum atomic E-state index is 12.1. The molecule has 0 unspecified atom stereocenters. The van der Waals surface area contributed by atoms with Crippen LogP contribution in [0.3, 0.4) is 0 Å². The summed E-state index contributed by atoms with van der Waals surface area (Å²) in [7, 11) is 1.42. The number of carbonyl (C=O) groups excluding carboxylic acids is 1. The first-order chi connectivity index (χ1) is 10.5. The molecule has 0 saturated heterocycles. The number of hydrogen-bond donors (Lipinski definition) is 0. The van der Waals surface area contributed by atoms with Crippen LogP contribution < -0.4 is 9.47 Å². The predicted molar refractivity (Wildman–Crippen MR) is 83.6 cm³/mol. The van der Waals surface area contributed by atoms with Crippen LogP contribution in [0.1, 0.15) is 10.4 Å². The first-order valence-electron chi connectivity index (χ1n) is 6.25. The lowest BCUT2D eigenvalue weighted by Crippen LogP contribution is -2.12. The summed E-state index contributed by atoms with van der Waals surface area (Å²) in [4.78, 5) is 22.3. The molecular formula is C15H12BrNO5. The number of nitrogens with zero attached hydrogens (tertiary/aromatic N) is 1. The molecule has 0 radical (unpaired) electrons. The van der Waals surface area contributed by atoms with Crippen LogP contribution in [-0.4, -0.2) is 24.4 Å². The van der Waals surface area contributed by atoms with Gasteiger partial charge in [0.1, 0.15) is 0 Å². The summed E-state index contributed by atoms with van der Waals surface area (Å²) in [6, 6.07) is 10.9. The Morgan fingerprint density at radius 1 is 1.23 bits per heavy atom. The van der Waals surface area contributed by atoms with Gasteiger partial charge in [-0.05, 0) is 18.2 Å². The molecule has 7 heteroatoms. The fourth-order valence-electron chi connectivity index (χ4n) is 1.78. The van der Waals surface area contributed by atoms with Gasteiger partial charge in [-0.1, -0.05) is 28.1 Å². The van der Waals surface area contributed by atoms with Crippen molar-refractivity contribution in [2.24, 2.45) is 0 Å². The van der Waals surface area contributed by atoms with Gasteiger partial charge in [-0.15, -0.1) is 0 Å². The van der Waals surface area contributed by atoms with Gasteiger partial charge in [0.05, 0.1) is 18.1 Å². The molecule has 0 aromatic heterocycles. The van der Waals surface area contributed by atoms with Gasteiger partial charge in [0.25, 0.3) is 5.69 Å². The van der Waals surface area contributed by atoms with Crippen molar-refractivity contribution in [1.29, 1.82) is 0 Å². The molecule has 0 heterocycles. The number of carbonyl (C=O) groups is 1. The van der Waals surface area contributed by atoms with Gasteiger partial charge in [0.15, 0.2) is 23.9 Å². The number of ether oxygens (including phenoxy) is 2. The molecule has 0 amide bonds. The van der Waals surface area contributed by atoms with Crippen LogP contribution in [0.4, 0.5) is 5.69 Å². The standard InChI is InChI=1S/C15H12BrNO5/c1-21-14-6-5-12(17(19)20)8-15(14)22-9-13(18)10-3-2-4-11(16)7-10/h2-8H,9H2,1H3. The summed E-state index contributed by atoms with van der Waals surface area (Å²) in [6.45, 7) is -0.242. The Bertz CT molecular complexity index is 717. The molecule has 0 aliphatic heterocycles. The molecule has 0 N–H and O–H groups in total. The minimum Gasteiger partial charge on any atom is -0.493 e. The summed E-state index contributed by atoms with van der Waals surface area (Å²) >= 11 is 3.29. The van der Waals surface area contributed by atoms with Crippen molar-refractivity contribution < 1.29 is 19.2 Å². The van der Waals surface area contributed by atoms with Gasteiger partial charge < -0.3 is 9.47 Å². The van der Waals surface area contributed by atoms with Crippen molar-refractivity contribution in [2.45, 2.75) is 0 Å². The minimum atomic E-state index is -0.539. The van der Waals surface area contributed by atoms with Gasteiger partial charge in [-0.3, -0.25) is 14.9 Å². The topological polar surface area (TPSA) is 78.7 Å². The Hall–Kier alpha value is -2.41. The zero-order valence-electron chi connectivity index (χ0n) is 11.6. The fraction of sp³-hybridized carbons (Fsp3) is 0.133. The van der Waals surface area contributed by atoms with E-state index in [1.54, 1.807) is 24.3 Å². The Balaban J connectivity index is 2.15. The highest BCUT2D eigenvalue weighted by molar-refractivity contribution is 9.10. The first-order valence-corrected chi connectivity index (χ1v) is 7.04. The lowest BCUT2D eigenvalue weighted by molar-refractivity contribution is -0.385. The highest BCUT2D eigenvalue weighted by atomic mass is 79.9. The summed E-state index contributed by atoms with van der Waals surface area (Å²) < 4.78 is 11.2. The molecule has 2 rings (SSSR count). The fourth-order valence-corrected chi connectivity index (χ4v) is 2.18. The molecule has 0 aliphatic carbocycles. The molecule has 0 bridgehead atoms. The van der Waals surface area contributed by atoms with Gasteiger partial charge >= 0.3 is 0 Å². The predicted octanol–water partition coefficient (Wildman–Crippen LogP) is 3.63. The number of Topliss-reactive ketones (excluding diaryl/α,β-unsaturated/α-hetero) is 1. The molecular weight excluding hydrogens is 354 g/mol. The number of nitro benzene ring substituents is 1. The molecule has 0 atom stereocenters. The molecule has 0 spiro atoms. The maximum Gasteiger partial charge on any atom is 0.273 e. The van der Waals surface area contributed by atoms with Crippen molar-refractivity contribution in [2.75, 3.05) is 13.7 Å². The number of benzene rings is 2. The van der Waals surface area contributed by atoms with Gasteiger partial charge in [0, 0.05) is 16.1 Å². The number of ketones is 1. The smallest absolute Gasteiger partial charge is 0.273 e.